The summed E-state index contributed by atoms with van der Waals surface area (Å²) in [6, 6.07) is 4.29. The number of nitrogens with two attached hydrogens (primary N) is 1. The number of amides is 2. The van der Waals surface area contributed by atoms with E-state index in [0.717, 1.165) is 30.5 Å². The van der Waals surface area contributed by atoms with Crippen LogP contribution in [0.1, 0.15) is 59.2 Å². The van der Waals surface area contributed by atoms with E-state index >= 15 is 0 Å². The third-order valence-electron chi connectivity index (χ3n) is 8.46. The van der Waals surface area contributed by atoms with Crippen molar-refractivity contribution in [2.24, 2.45) is 11.7 Å². The summed E-state index contributed by atoms with van der Waals surface area (Å²) < 4.78 is 10.7. The molecule has 3 atom stereocenters. The van der Waals surface area contributed by atoms with Crippen LogP contribution in [0.3, 0.4) is 0 Å². The number of carbonyl (C=O) groups excluding carboxylic acids is 2. The maximum Gasteiger partial charge on any atom is 0.270 e. The average molecular weight is 666 g/mol. The predicted octanol–water partition coefficient (Wildman–Crippen LogP) is 5.59. The Labute approximate surface area is 271 Å². The van der Waals surface area contributed by atoms with Crippen LogP contribution in [0.25, 0.3) is 30.3 Å². The number of primary amides is 1. The lowest BCUT2D eigenvalue weighted by Gasteiger charge is -2.31. The number of ether oxygens (including phenoxy) is 1. The molecule has 2 aliphatic rings. The largest absolute Gasteiger partial charge is 0.379 e. The van der Waals surface area contributed by atoms with Gasteiger partial charge in [-0.15, -0.1) is 34.0 Å². The minimum absolute atomic E-state index is 0.0858. The van der Waals surface area contributed by atoms with Gasteiger partial charge in [-0.3, -0.25) is 9.59 Å². The molecule has 2 N–H and O–H groups in total. The summed E-state index contributed by atoms with van der Waals surface area (Å²) in [5.74, 6) is 0.909. The Kier molecular flexibility index (Phi) is 8.27. The zero-order valence-electron chi connectivity index (χ0n) is 24.1. The van der Waals surface area contributed by atoms with E-state index in [0.29, 0.717) is 58.3 Å². The summed E-state index contributed by atoms with van der Waals surface area (Å²) in [6.07, 6.45) is 8.33. The van der Waals surface area contributed by atoms with Gasteiger partial charge in [0.15, 0.2) is 11.3 Å². The highest BCUT2D eigenvalue weighted by molar-refractivity contribution is 7.80. The number of carbonyl (C=O) groups is 2. The Balaban J connectivity index is 1.07. The molecule has 0 radical (unpaired) electrons. The van der Waals surface area contributed by atoms with Gasteiger partial charge >= 0.3 is 0 Å². The molecule has 5 aromatic rings. The lowest BCUT2D eigenvalue weighted by Crippen LogP contribution is -2.48. The van der Waals surface area contributed by atoms with E-state index in [1.165, 1.54) is 36.7 Å². The van der Waals surface area contributed by atoms with Crippen LogP contribution >= 0.6 is 46.2 Å². The van der Waals surface area contributed by atoms with Crippen molar-refractivity contribution >= 4 is 82.7 Å². The van der Waals surface area contributed by atoms with E-state index in [2.05, 4.69) is 32.6 Å². The maximum atomic E-state index is 13.9. The minimum atomic E-state index is -0.670. The molecule has 6 heterocycles. The molecule has 2 fully saturated rings. The highest BCUT2D eigenvalue weighted by atomic mass is 32.1. The van der Waals surface area contributed by atoms with Gasteiger partial charge in [0.2, 0.25) is 5.91 Å². The third kappa shape index (κ3) is 5.81. The minimum Gasteiger partial charge on any atom is -0.379 e. The third-order valence-corrected chi connectivity index (χ3v) is 12.3. The topological polar surface area (TPSA) is 129 Å². The second kappa shape index (κ2) is 12.3. The summed E-state index contributed by atoms with van der Waals surface area (Å²) in [7, 11) is 0. The molecular weight excluding hydrogens is 635 g/mol. The lowest BCUT2D eigenvalue weighted by molar-refractivity contribution is -0.133. The van der Waals surface area contributed by atoms with Crippen LogP contribution in [-0.2, 0) is 16.1 Å². The zero-order chi connectivity index (χ0) is 30.4. The van der Waals surface area contributed by atoms with Crippen LogP contribution < -0.4 is 5.73 Å². The molecule has 0 spiro atoms. The average Bonchev–Trinajstić information content (AvgIpc) is 3.80. The van der Waals surface area contributed by atoms with E-state index < -0.39 is 5.91 Å². The van der Waals surface area contributed by atoms with Crippen molar-refractivity contribution < 1.29 is 14.3 Å². The summed E-state index contributed by atoms with van der Waals surface area (Å²) in [4.78, 5) is 43.6. The van der Waals surface area contributed by atoms with Gasteiger partial charge in [-0.2, -0.15) is 5.10 Å². The standard InChI is InChI=1S/C30H31N7O3S4/c1-16-32-12-19(13-33-16)30-34-29-27(44-30)26(28(31)39)35-37(29)14-25(38)36-6-2-7-40-15-20(36)21(41)10-17-3-4-18(9-17)23-11-24-22(43-23)5-8-42-24/h5,8,11-13,17-18,20H,2-4,6-7,9-10,14-15H2,1H3,(H2,31,39)/t17?,18?,20-/m0/s1. The maximum absolute atomic E-state index is 13.9. The highest BCUT2D eigenvalue weighted by Gasteiger charge is 2.34. The van der Waals surface area contributed by atoms with Crippen LogP contribution in [0.15, 0.2) is 29.9 Å². The fourth-order valence-electron chi connectivity index (χ4n) is 6.24. The number of thiazole rings is 1. The number of thiophene rings is 2. The SMILES string of the molecule is Cc1ncc(-c2nc3c(s2)c(C(N)=O)nn3CC(=O)N2CCCOC[C@H]2C(=S)CC2CCC(c3cc4sccc4s3)C2)cn1. The molecule has 10 nitrogen and oxygen atoms in total. The molecule has 0 bridgehead atoms. The van der Waals surface area contributed by atoms with Crippen molar-refractivity contribution in [2.45, 2.75) is 57.5 Å². The fraction of sp³-hybridized carbons (Fsp3) is 0.433. The molecule has 1 aliphatic carbocycles. The van der Waals surface area contributed by atoms with Gasteiger partial charge in [0, 0.05) is 50.3 Å². The molecule has 1 aliphatic heterocycles. The first-order valence-corrected chi connectivity index (χ1v) is 17.6. The number of fused-ring (bicyclic) bond motifs is 2. The summed E-state index contributed by atoms with van der Waals surface area (Å²) in [5.41, 5.74) is 6.91. The van der Waals surface area contributed by atoms with Crippen molar-refractivity contribution in [1.29, 1.82) is 0 Å². The van der Waals surface area contributed by atoms with Gasteiger partial charge in [-0.25, -0.2) is 19.6 Å². The van der Waals surface area contributed by atoms with Crippen LogP contribution in [0.4, 0.5) is 0 Å². The van der Waals surface area contributed by atoms with E-state index in [-0.39, 0.29) is 24.2 Å². The molecule has 1 saturated heterocycles. The Morgan fingerprint density at radius 2 is 2.02 bits per heavy atom. The monoisotopic (exact) mass is 665 g/mol. The Bertz CT molecular complexity index is 1830. The van der Waals surface area contributed by atoms with Crippen molar-refractivity contribution in [1.82, 2.24) is 29.6 Å². The number of aromatic nitrogens is 5. The molecule has 5 aromatic heterocycles. The number of nitrogens with zero attached hydrogens (tertiary/aromatic N) is 6. The molecule has 1 saturated carbocycles. The first-order valence-electron chi connectivity index (χ1n) is 14.7. The molecule has 44 heavy (non-hydrogen) atoms. The summed E-state index contributed by atoms with van der Waals surface area (Å²) in [6.45, 7) is 3.23. The van der Waals surface area contributed by atoms with E-state index in [1.807, 2.05) is 27.6 Å². The summed E-state index contributed by atoms with van der Waals surface area (Å²) >= 11 is 11.0. The van der Waals surface area contributed by atoms with Gasteiger partial charge in [-0.1, -0.05) is 12.2 Å². The van der Waals surface area contributed by atoms with Crippen LogP contribution in [0.5, 0.6) is 0 Å². The van der Waals surface area contributed by atoms with Gasteiger partial charge in [0.05, 0.1) is 12.6 Å². The van der Waals surface area contributed by atoms with Gasteiger partial charge < -0.3 is 15.4 Å². The molecule has 14 heteroatoms. The van der Waals surface area contributed by atoms with E-state index in [1.54, 1.807) is 19.3 Å². The fourth-order valence-corrected chi connectivity index (χ4v) is 9.97. The molecule has 2 unspecified atom stereocenters. The quantitative estimate of drug-likeness (QED) is 0.212. The molecule has 7 rings (SSSR count). The number of thiocarbonyl (C=S) groups is 1. The number of rotatable bonds is 8. The van der Waals surface area contributed by atoms with Gasteiger partial charge in [0.1, 0.15) is 22.1 Å². The van der Waals surface area contributed by atoms with Crippen LogP contribution in [0, 0.1) is 12.8 Å². The zero-order valence-corrected chi connectivity index (χ0v) is 27.4. The van der Waals surface area contributed by atoms with Crippen molar-refractivity contribution in [2.75, 3.05) is 19.8 Å². The second-order valence-electron chi connectivity index (χ2n) is 11.4. The molecule has 228 valence electrons. The second-order valence-corrected chi connectivity index (χ2v) is 15.0. The normalized spacial score (nSPS) is 20.8. The van der Waals surface area contributed by atoms with Gasteiger partial charge in [0.25, 0.3) is 5.91 Å². The predicted molar refractivity (Wildman–Crippen MR) is 178 cm³/mol. The smallest absolute Gasteiger partial charge is 0.270 e. The Hall–Kier alpha value is -3.17. The first kappa shape index (κ1) is 29.5. The van der Waals surface area contributed by atoms with E-state index in [4.69, 9.17) is 27.7 Å². The molecule has 2 amide bonds. The number of hydrogen-bond acceptors (Lipinski definition) is 11. The van der Waals surface area contributed by atoms with E-state index in [9.17, 15) is 9.59 Å². The molecular formula is C30H31N7O3S4. The Morgan fingerprint density at radius 3 is 2.82 bits per heavy atom. The van der Waals surface area contributed by atoms with Crippen molar-refractivity contribution in [3.63, 3.8) is 0 Å². The van der Waals surface area contributed by atoms with Gasteiger partial charge in [-0.05, 0) is 68.4 Å². The van der Waals surface area contributed by atoms with Crippen molar-refractivity contribution in [3.8, 4) is 10.6 Å². The van der Waals surface area contributed by atoms with Crippen LogP contribution in [0.2, 0.25) is 0 Å². The lowest BCUT2D eigenvalue weighted by atomic mass is 9.96. The van der Waals surface area contributed by atoms with Crippen molar-refractivity contribution in [3.05, 3.63) is 46.3 Å². The summed E-state index contributed by atoms with van der Waals surface area (Å²) in [5, 5.41) is 7.19. The number of aryl methyl sites for hydroxylation is 1. The Morgan fingerprint density at radius 1 is 1.18 bits per heavy atom. The van der Waals surface area contributed by atoms with Crippen LogP contribution in [-0.4, -0.2) is 72.1 Å². The molecule has 0 aromatic carbocycles. The first-order chi connectivity index (χ1) is 21.3. The highest BCUT2D eigenvalue weighted by Crippen LogP contribution is 2.45. The number of hydrogen-bond donors (Lipinski definition) is 1.